The number of aliphatic hydroxyl groups excluding tert-OH is 1. The third kappa shape index (κ3) is 2.99. The average Bonchev–Trinajstić information content (AvgIpc) is 2.89. The molecule has 0 unspecified atom stereocenters. The van der Waals surface area contributed by atoms with Gasteiger partial charge < -0.3 is 10.4 Å². The molecule has 2 aromatic carbocycles. The summed E-state index contributed by atoms with van der Waals surface area (Å²) in [6.07, 6.45) is -0.888. The number of imidazole rings is 1. The molecular formula is C19H22FN3O2. The molecule has 0 bridgehead atoms. The van der Waals surface area contributed by atoms with Crippen molar-refractivity contribution in [2.75, 3.05) is 13.6 Å². The largest absolute Gasteiger partial charge is 0.389 e. The molecule has 0 amide bonds. The standard InChI is InChI=1S/C19H22FN3O2/c1-3-22-15-11-7-10-14(20)18(15)23(19(22)25)17(16(24)12-21-2)13-8-5-4-6-9-13/h4-11,16-17,21,24H,3,12H2,1-2H3/t16-,17-/m0/s1. The van der Waals surface area contributed by atoms with Gasteiger partial charge in [0.2, 0.25) is 0 Å². The lowest BCUT2D eigenvalue weighted by Crippen LogP contribution is -2.38. The highest BCUT2D eigenvalue weighted by molar-refractivity contribution is 5.77. The molecule has 132 valence electrons. The van der Waals surface area contributed by atoms with Gasteiger partial charge in [-0.05, 0) is 31.7 Å². The molecule has 25 heavy (non-hydrogen) atoms. The number of hydrogen-bond donors (Lipinski definition) is 2. The van der Waals surface area contributed by atoms with E-state index in [9.17, 15) is 14.3 Å². The molecule has 0 saturated heterocycles. The fourth-order valence-corrected chi connectivity index (χ4v) is 3.37. The van der Waals surface area contributed by atoms with Crippen LogP contribution in [0.15, 0.2) is 53.3 Å². The quantitative estimate of drug-likeness (QED) is 0.721. The van der Waals surface area contributed by atoms with Crippen LogP contribution in [0.5, 0.6) is 0 Å². The van der Waals surface area contributed by atoms with Crippen molar-refractivity contribution in [3.05, 3.63) is 70.4 Å². The zero-order valence-electron chi connectivity index (χ0n) is 14.3. The van der Waals surface area contributed by atoms with Crippen LogP contribution < -0.4 is 11.0 Å². The summed E-state index contributed by atoms with van der Waals surface area (Å²) in [4.78, 5) is 13.0. The van der Waals surface area contributed by atoms with Crippen molar-refractivity contribution in [3.63, 3.8) is 0 Å². The Morgan fingerprint density at radius 1 is 1.16 bits per heavy atom. The molecule has 0 fully saturated rings. The molecule has 2 N–H and O–H groups in total. The van der Waals surface area contributed by atoms with Crippen LogP contribution in [0.3, 0.4) is 0 Å². The number of aliphatic hydroxyl groups is 1. The third-order valence-corrected chi connectivity index (χ3v) is 4.45. The van der Waals surface area contributed by atoms with E-state index in [1.165, 1.54) is 15.2 Å². The van der Waals surface area contributed by atoms with E-state index < -0.39 is 18.0 Å². The molecule has 1 heterocycles. The van der Waals surface area contributed by atoms with E-state index in [0.29, 0.717) is 12.1 Å². The Balaban J connectivity index is 2.33. The first-order valence-electron chi connectivity index (χ1n) is 8.37. The normalized spacial score (nSPS) is 13.9. The second kappa shape index (κ2) is 7.21. The summed E-state index contributed by atoms with van der Waals surface area (Å²) in [5.74, 6) is -0.473. The van der Waals surface area contributed by atoms with Crippen molar-refractivity contribution >= 4 is 11.0 Å². The van der Waals surface area contributed by atoms with Gasteiger partial charge in [-0.1, -0.05) is 36.4 Å². The lowest BCUT2D eigenvalue weighted by atomic mass is 10.0. The number of benzene rings is 2. The number of fused-ring (bicyclic) bond motifs is 1. The van der Waals surface area contributed by atoms with Crippen molar-refractivity contribution in [3.8, 4) is 0 Å². The predicted molar refractivity (Wildman–Crippen MR) is 96.3 cm³/mol. The molecule has 5 nitrogen and oxygen atoms in total. The molecule has 6 heteroatoms. The van der Waals surface area contributed by atoms with Gasteiger partial charge in [0, 0.05) is 13.1 Å². The van der Waals surface area contributed by atoms with Gasteiger partial charge in [-0.25, -0.2) is 9.18 Å². The monoisotopic (exact) mass is 343 g/mol. The highest BCUT2D eigenvalue weighted by atomic mass is 19.1. The van der Waals surface area contributed by atoms with Gasteiger partial charge >= 0.3 is 5.69 Å². The fourth-order valence-electron chi connectivity index (χ4n) is 3.37. The summed E-state index contributed by atoms with van der Waals surface area (Å²) in [6, 6.07) is 13.2. The van der Waals surface area contributed by atoms with Gasteiger partial charge in [0.05, 0.1) is 17.7 Å². The highest BCUT2D eigenvalue weighted by Crippen LogP contribution is 2.27. The lowest BCUT2D eigenvalue weighted by molar-refractivity contribution is 0.130. The topological polar surface area (TPSA) is 59.2 Å². The van der Waals surface area contributed by atoms with E-state index in [0.717, 1.165) is 5.56 Å². The van der Waals surface area contributed by atoms with Crippen molar-refractivity contribution in [2.45, 2.75) is 25.6 Å². The first-order valence-corrected chi connectivity index (χ1v) is 8.37. The minimum atomic E-state index is -0.888. The summed E-state index contributed by atoms with van der Waals surface area (Å²) in [6.45, 7) is 2.55. The van der Waals surface area contributed by atoms with E-state index in [2.05, 4.69) is 5.32 Å². The Bertz CT molecular complexity index is 918. The fraction of sp³-hybridized carbons (Fsp3) is 0.316. The molecule has 0 aliphatic heterocycles. The molecular weight excluding hydrogens is 321 g/mol. The second-order valence-corrected chi connectivity index (χ2v) is 5.98. The summed E-state index contributed by atoms with van der Waals surface area (Å²) in [5.41, 5.74) is 1.18. The number of aryl methyl sites for hydroxylation is 1. The van der Waals surface area contributed by atoms with E-state index >= 15 is 0 Å². The van der Waals surface area contributed by atoms with Crippen LogP contribution in [0, 0.1) is 5.82 Å². The molecule has 3 aromatic rings. The van der Waals surface area contributed by atoms with Crippen molar-refractivity contribution in [1.29, 1.82) is 0 Å². The van der Waals surface area contributed by atoms with E-state index in [-0.39, 0.29) is 17.8 Å². The third-order valence-electron chi connectivity index (χ3n) is 4.45. The van der Waals surface area contributed by atoms with Crippen molar-refractivity contribution in [2.24, 2.45) is 0 Å². The maximum atomic E-state index is 14.6. The van der Waals surface area contributed by atoms with Crippen LogP contribution >= 0.6 is 0 Å². The van der Waals surface area contributed by atoms with Crippen LogP contribution in [-0.4, -0.2) is 33.9 Å². The van der Waals surface area contributed by atoms with Gasteiger partial charge in [-0.15, -0.1) is 0 Å². The summed E-state index contributed by atoms with van der Waals surface area (Å²) in [7, 11) is 1.73. The van der Waals surface area contributed by atoms with Crippen molar-refractivity contribution in [1.82, 2.24) is 14.5 Å². The maximum absolute atomic E-state index is 14.6. The molecule has 3 rings (SSSR count). The first kappa shape index (κ1) is 17.4. The predicted octanol–water partition coefficient (Wildman–Crippen LogP) is 2.13. The molecule has 0 saturated carbocycles. The van der Waals surface area contributed by atoms with E-state index in [1.807, 2.05) is 37.3 Å². The Morgan fingerprint density at radius 3 is 2.52 bits per heavy atom. The number of hydrogen-bond acceptors (Lipinski definition) is 3. The van der Waals surface area contributed by atoms with Gasteiger partial charge in [0.25, 0.3) is 0 Å². The number of nitrogens with zero attached hydrogens (tertiary/aromatic N) is 2. The van der Waals surface area contributed by atoms with Crippen LogP contribution in [0.2, 0.25) is 0 Å². The number of rotatable bonds is 6. The number of halogens is 1. The van der Waals surface area contributed by atoms with Crippen molar-refractivity contribution < 1.29 is 9.50 Å². The number of para-hydroxylation sites is 1. The number of nitrogens with one attached hydrogen (secondary N) is 1. The van der Waals surface area contributed by atoms with Gasteiger partial charge in [0.1, 0.15) is 11.3 Å². The van der Waals surface area contributed by atoms with Crippen LogP contribution in [0.25, 0.3) is 11.0 Å². The molecule has 0 radical (unpaired) electrons. The molecule has 0 spiro atoms. The van der Waals surface area contributed by atoms with Gasteiger partial charge in [0.15, 0.2) is 0 Å². The summed E-state index contributed by atoms with van der Waals surface area (Å²) in [5, 5.41) is 13.6. The molecule has 2 atom stereocenters. The minimum Gasteiger partial charge on any atom is -0.389 e. The summed E-state index contributed by atoms with van der Waals surface area (Å²) < 4.78 is 17.5. The van der Waals surface area contributed by atoms with Crippen LogP contribution in [0.1, 0.15) is 18.5 Å². The Hall–Kier alpha value is -2.44. The van der Waals surface area contributed by atoms with Crippen LogP contribution in [-0.2, 0) is 6.54 Å². The van der Waals surface area contributed by atoms with E-state index in [4.69, 9.17) is 0 Å². The molecule has 1 aromatic heterocycles. The van der Waals surface area contributed by atoms with Gasteiger partial charge in [-0.3, -0.25) is 9.13 Å². The zero-order valence-corrected chi connectivity index (χ0v) is 14.3. The molecule has 0 aliphatic rings. The smallest absolute Gasteiger partial charge is 0.329 e. The highest BCUT2D eigenvalue weighted by Gasteiger charge is 2.28. The zero-order chi connectivity index (χ0) is 18.0. The Labute approximate surface area is 145 Å². The van der Waals surface area contributed by atoms with E-state index in [1.54, 1.807) is 19.2 Å². The molecule has 0 aliphatic carbocycles. The van der Waals surface area contributed by atoms with Crippen LogP contribution in [0.4, 0.5) is 4.39 Å². The maximum Gasteiger partial charge on any atom is 0.329 e. The number of likely N-dealkylation sites (N-methyl/N-ethyl adjacent to an activating group) is 1. The lowest BCUT2D eigenvalue weighted by Gasteiger charge is -2.25. The Morgan fingerprint density at radius 2 is 1.88 bits per heavy atom. The SMILES string of the molecule is CCn1c(=O)n([C@@H](c2ccccc2)[C@@H](O)CNC)c2c(F)cccc21. The number of aromatic nitrogens is 2. The Kier molecular flexibility index (Phi) is 5.01. The summed E-state index contributed by atoms with van der Waals surface area (Å²) >= 11 is 0. The second-order valence-electron chi connectivity index (χ2n) is 5.98. The average molecular weight is 343 g/mol. The van der Waals surface area contributed by atoms with Gasteiger partial charge in [-0.2, -0.15) is 0 Å². The first-order chi connectivity index (χ1) is 12.1. The minimum absolute atomic E-state index is 0.221.